The number of benzene rings is 1. The van der Waals surface area contributed by atoms with Gasteiger partial charge in [0.15, 0.2) is 5.78 Å². The second-order valence-electron chi connectivity index (χ2n) is 9.31. The molecule has 3 amide bonds. The first kappa shape index (κ1) is 26.5. The molecule has 3 N–H and O–H groups in total. The highest BCUT2D eigenvalue weighted by Crippen LogP contribution is 2.16. The van der Waals surface area contributed by atoms with Gasteiger partial charge in [-0.05, 0) is 51.8 Å². The average Bonchev–Trinajstić information content (AvgIpc) is 2.77. The molecule has 2 rings (SSSR count). The highest BCUT2D eigenvalue weighted by Gasteiger charge is 2.32. The van der Waals surface area contributed by atoms with Gasteiger partial charge in [0, 0.05) is 6.42 Å². The van der Waals surface area contributed by atoms with Gasteiger partial charge in [-0.1, -0.05) is 50.6 Å². The number of carbonyl (C=O) groups excluding carboxylic acids is 4. The monoisotopic (exact) mass is 458 g/mol. The molecule has 1 fully saturated rings. The maximum absolute atomic E-state index is 13.3. The van der Waals surface area contributed by atoms with Gasteiger partial charge in [-0.2, -0.15) is 0 Å². The summed E-state index contributed by atoms with van der Waals surface area (Å²) in [5.74, 6) is -1.38. The third-order valence-corrected chi connectivity index (χ3v) is 6.20. The number of hydrogen-bond donors (Lipinski definition) is 3. The number of piperidine rings is 1. The van der Waals surface area contributed by atoms with Crippen molar-refractivity contribution in [2.45, 2.75) is 77.5 Å². The predicted molar refractivity (Wildman–Crippen MR) is 127 cm³/mol. The van der Waals surface area contributed by atoms with Crippen LogP contribution in [0.4, 0.5) is 0 Å². The molecule has 4 atom stereocenters. The summed E-state index contributed by atoms with van der Waals surface area (Å²) in [5.41, 5.74) is 0.908. The van der Waals surface area contributed by atoms with Gasteiger partial charge < -0.3 is 16.0 Å². The van der Waals surface area contributed by atoms with Gasteiger partial charge in [0.05, 0.1) is 12.1 Å². The lowest BCUT2D eigenvalue weighted by Gasteiger charge is -2.33. The van der Waals surface area contributed by atoms with Crippen molar-refractivity contribution < 1.29 is 19.2 Å². The van der Waals surface area contributed by atoms with E-state index in [0.29, 0.717) is 6.42 Å². The smallest absolute Gasteiger partial charge is 0.243 e. The van der Waals surface area contributed by atoms with Gasteiger partial charge in [0.25, 0.3) is 0 Å². The number of nitrogens with one attached hydrogen (secondary N) is 3. The van der Waals surface area contributed by atoms with Crippen molar-refractivity contribution in [2.24, 2.45) is 5.92 Å². The summed E-state index contributed by atoms with van der Waals surface area (Å²) in [6.07, 6.45) is 3.09. The van der Waals surface area contributed by atoms with E-state index in [0.717, 1.165) is 31.4 Å². The van der Waals surface area contributed by atoms with Crippen molar-refractivity contribution in [1.29, 1.82) is 0 Å². The average molecular weight is 459 g/mol. The van der Waals surface area contributed by atoms with Gasteiger partial charge in [-0.15, -0.1) is 0 Å². The molecule has 182 valence electrons. The minimum atomic E-state index is -0.827. The molecule has 0 spiro atoms. The molecule has 1 aliphatic heterocycles. The van der Waals surface area contributed by atoms with Gasteiger partial charge in [0.2, 0.25) is 17.7 Å². The topological polar surface area (TPSA) is 108 Å². The number of nitrogens with zero attached hydrogens (tertiary/aromatic N) is 1. The Hall–Kier alpha value is -2.74. The normalized spacial score (nSPS) is 19.3. The molecule has 1 heterocycles. The molecule has 8 heteroatoms. The Balaban J connectivity index is 2.17. The summed E-state index contributed by atoms with van der Waals surface area (Å²) in [4.78, 5) is 52.7. The van der Waals surface area contributed by atoms with Crippen LogP contribution in [0.2, 0.25) is 0 Å². The highest BCUT2D eigenvalue weighted by molar-refractivity contribution is 5.94. The molecule has 0 radical (unpaired) electrons. The molecule has 8 nitrogen and oxygen atoms in total. The van der Waals surface area contributed by atoms with Gasteiger partial charge in [0.1, 0.15) is 12.1 Å². The highest BCUT2D eigenvalue weighted by atomic mass is 16.2. The van der Waals surface area contributed by atoms with E-state index in [9.17, 15) is 19.2 Å². The quantitative estimate of drug-likeness (QED) is 0.492. The molecular weight excluding hydrogens is 420 g/mol. The zero-order valence-electron chi connectivity index (χ0n) is 20.4. The SMILES string of the molecule is CC(=O)C(C)NC(=O)C(NC(=O)C(Cc1ccccc1)NC(=O)[C@@H]1CCCCN1C)C(C)C. The van der Waals surface area contributed by atoms with Gasteiger partial charge in [-0.3, -0.25) is 24.1 Å². The minimum absolute atomic E-state index is 0.164. The fourth-order valence-corrected chi connectivity index (χ4v) is 3.93. The number of rotatable bonds is 10. The van der Waals surface area contributed by atoms with Crippen LogP contribution in [0.1, 0.15) is 52.5 Å². The van der Waals surface area contributed by atoms with Crippen molar-refractivity contribution >= 4 is 23.5 Å². The zero-order valence-corrected chi connectivity index (χ0v) is 20.4. The number of likely N-dealkylation sites (N-methyl/N-ethyl adjacent to an activating group) is 1. The largest absolute Gasteiger partial charge is 0.345 e. The third kappa shape index (κ3) is 7.96. The summed E-state index contributed by atoms with van der Waals surface area (Å²) >= 11 is 0. The molecule has 3 unspecified atom stereocenters. The number of amides is 3. The fourth-order valence-electron chi connectivity index (χ4n) is 3.93. The maximum atomic E-state index is 13.3. The van der Waals surface area contributed by atoms with Crippen LogP contribution in [-0.2, 0) is 25.6 Å². The molecule has 1 aliphatic rings. The van der Waals surface area contributed by atoms with Crippen LogP contribution in [0.5, 0.6) is 0 Å². The molecule has 33 heavy (non-hydrogen) atoms. The summed E-state index contributed by atoms with van der Waals surface area (Å²) in [6.45, 7) is 7.51. The Kier molecular flexibility index (Phi) is 10.0. The second kappa shape index (κ2) is 12.5. The van der Waals surface area contributed by atoms with Crippen LogP contribution in [0.3, 0.4) is 0 Å². The van der Waals surface area contributed by atoms with Crippen LogP contribution in [0.25, 0.3) is 0 Å². The van der Waals surface area contributed by atoms with E-state index in [1.165, 1.54) is 6.92 Å². The molecule has 1 saturated heterocycles. The first-order valence-electron chi connectivity index (χ1n) is 11.8. The number of Topliss-reactive ketones (excluding diaryl/α,β-unsaturated/α-hetero) is 1. The Morgan fingerprint density at radius 1 is 0.970 bits per heavy atom. The van der Waals surface area contributed by atoms with E-state index >= 15 is 0 Å². The lowest BCUT2D eigenvalue weighted by Crippen LogP contribution is -2.59. The van der Waals surface area contributed by atoms with Crippen molar-refractivity contribution in [1.82, 2.24) is 20.9 Å². The number of ketones is 1. The van der Waals surface area contributed by atoms with Crippen molar-refractivity contribution in [2.75, 3.05) is 13.6 Å². The van der Waals surface area contributed by atoms with Crippen molar-refractivity contribution in [3.63, 3.8) is 0 Å². The Bertz CT molecular complexity index is 827. The summed E-state index contributed by atoms with van der Waals surface area (Å²) in [6, 6.07) is 6.90. The van der Waals surface area contributed by atoms with Crippen molar-refractivity contribution in [3.8, 4) is 0 Å². The van der Waals surface area contributed by atoms with Gasteiger partial charge in [-0.25, -0.2) is 0 Å². The third-order valence-electron chi connectivity index (χ3n) is 6.20. The molecule has 0 aliphatic carbocycles. The molecule has 0 bridgehead atoms. The Labute approximate surface area is 196 Å². The van der Waals surface area contributed by atoms with Crippen LogP contribution in [-0.4, -0.2) is 66.2 Å². The zero-order chi connectivity index (χ0) is 24.5. The molecule has 0 aromatic heterocycles. The number of likely N-dealkylation sites (tertiary alicyclic amines) is 1. The molecular formula is C25H38N4O4. The fraction of sp³-hybridized carbons (Fsp3) is 0.600. The van der Waals surface area contributed by atoms with E-state index in [2.05, 4.69) is 16.0 Å². The van der Waals surface area contributed by atoms with E-state index in [4.69, 9.17) is 0 Å². The van der Waals surface area contributed by atoms with Crippen molar-refractivity contribution in [3.05, 3.63) is 35.9 Å². The van der Waals surface area contributed by atoms with E-state index in [1.807, 2.05) is 56.1 Å². The molecule has 1 aromatic carbocycles. The number of carbonyl (C=O) groups is 4. The first-order chi connectivity index (χ1) is 15.6. The standard InChI is InChI=1S/C25H38N4O4/c1-16(2)22(25(33)26-17(3)18(4)30)28-23(31)20(15-19-11-7-6-8-12-19)27-24(32)21-13-9-10-14-29(21)5/h6-8,11-12,16-17,20-22H,9-10,13-15H2,1-5H3,(H,26,33)(H,27,32)(H,28,31)/t17?,20?,21-,22?/m0/s1. The first-order valence-corrected chi connectivity index (χ1v) is 11.8. The van der Waals surface area contributed by atoms with Gasteiger partial charge >= 0.3 is 0 Å². The van der Waals surface area contributed by atoms with E-state index < -0.39 is 29.9 Å². The van der Waals surface area contributed by atoms with Crippen LogP contribution in [0.15, 0.2) is 30.3 Å². The number of hydrogen-bond acceptors (Lipinski definition) is 5. The molecule has 0 saturated carbocycles. The predicted octanol–water partition coefficient (Wildman–Crippen LogP) is 1.43. The van der Waals surface area contributed by atoms with Crippen LogP contribution >= 0.6 is 0 Å². The lowest BCUT2D eigenvalue weighted by atomic mass is 9.99. The van der Waals surface area contributed by atoms with E-state index in [-0.39, 0.29) is 23.7 Å². The molecule has 1 aromatic rings. The Morgan fingerprint density at radius 3 is 2.21 bits per heavy atom. The van der Waals surface area contributed by atoms with Crippen LogP contribution in [0, 0.1) is 5.92 Å². The lowest BCUT2D eigenvalue weighted by molar-refractivity contribution is -0.135. The summed E-state index contributed by atoms with van der Waals surface area (Å²) in [5, 5.41) is 8.39. The summed E-state index contributed by atoms with van der Waals surface area (Å²) < 4.78 is 0. The van der Waals surface area contributed by atoms with Crippen LogP contribution < -0.4 is 16.0 Å². The maximum Gasteiger partial charge on any atom is 0.243 e. The second-order valence-corrected chi connectivity index (χ2v) is 9.31. The summed E-state index contributed by atoms with van der Waals surface area (Å²) in [7, 11) is 1.92. The Morgan fingerprint density at radius 2 is 1.64 bits per heavy atom. The minimum Gasteiger partial charge on any atom is -0.345 e. The van der Waals surface area contributed by atoms with E-state index in [1.54, 1.807) is 6.92 Å².